The molecule has 1 aromatic rings. The fraction of sp³-hybridized carbons (Fsp3) is 0.600. The minimum atomic E-state index is -3.77. The van der Waals surface area contributed by atoms with E-state index in [0.29, 0.717) is 19.7 Å². The number of rotatable bonds is 6. The molecule has 2 fully saturated rings. The smallest absolute Gasteiger partial charge is 0.243 e. The van der Waals surface area contributed by atoms with E-state index in [1.807, 2.05) is 0 Å². The lowest BCUT2D eigenvalue weighted by Gasteiger charge is -2.16. The van der Waals surface area contributed by atoms with Crippen molar-refractivity contribution in [2.75, 3.05) is 26.2 Å². The van der Waals surface area contributed by atoms with Gasteiger partial charge in [0.25, 0.3) is 0 Å². The molecule has 1 aromatic carbocycles. The Labute approximate surface area is 143 Å². The van der Waals surface area contributed by atoms with E-state index >= 15 is 0 Å². The minimum absolute atomic E-state index is 0.0180. The summed E-state index contributed by atoms with van der Waals surface area (Å²) < 4.78 is 59.3. The van der Waals surface area contributed by atoms with E-state index in [1.165, 1.54) is 28.6 Å². The van der Waals surface area contributed by atoms with Crippen molar-refractivity contribution >= 4 is 20.0 Å². The number of hydrogen-bond acceptors (Lipinski definition) is 5. The molecule has 0 aliphatic carbocycles. The van der Waals surface area contributed by atoms with Crippen LogP contribution in [0.25, 0.3) is 0 Å². The molecule has 2 aliphatic heterocycles. The molecule has 2 aliphatic rings. The quantitative estimate of drug-likeness (QED) is 0.800. The molecule has 0 bridgehead atoms. The van der Waals surface area contributed by atoms with Crippen LogP contribution in [0, 0.1) is 0 Å². The highest BCUT2D eigenvalue weighted by Gasteiger charge is 2.28. The van der Waals surface area contributed by atoms with Gasteiger partial charge in [-0.1, -0.05) is 6.07 Å². The van der Waals surface area contributed by atoms with Crippen LogP contribution in [0.2, 0.25) is 0 Å². The zero-order valence-corrected chi connectivity index (χ0v) is 15.0. The third-order valence-electron chi connectivity index (χ3n) is 4.34. The molecule has 24 heavy (non-hydrogen) atoms. The number of hydrogen-bond donors (Lipinski definition) is 1. The second kappa shape index (κ2) is 7.09. The summed E-state index contributed by atoms with van der Waals surface area (Å²) in [6.07, 6.45) is 3.30. The maximum absolute atomic E-state index is 12.6. The molecule has 0 unspecified atom stereocenters. The molecule has 9 heteroatoms. The van der Waals surface area contributed by atoms with Crippen LogP contribution < -0.4 is 4.72 Å². The van der Waals surface area contributed by atoms with Crippen LogP contribution in [-0.2, 0) is 24.8 Å². The fourth-order valence-corrected chi connectivity index (χ4v) is 5.72. The van der Waals surface area contributed by atoms with E-state index in [9.17, 15) is 16.8 Å². The monoisotopic (exact) mass is 374 g/mol. The van der Waals surface area contributed by atoms with E-state index in [0.717, 1.165) is 25.7 Å². The van der Waals surface area contributed by atoms with Gasteiger partial charge < -0.3 is 4.74 Å². The SMILES string of the molecule is O=S(=O)(NC[C@H]1CCCO1)c1cccc(S(=O)(=O)N2CCCC2)c1. The Morgan fingerprint density at radius 3 is 2.46 bits per heavy atom. The first-order valence-corrected chi connectivity index (χ1v) is 11.0. The van der Waals surface area contributed by atoms with E-state index in [-0.39, 0.29) is 22.4 Å². The molecule has 7 nitrogen and oxygen atoms in total. The predicted octanol–water partition coefficient (Wildman–Crippen LogP) is 0.928. The van der Waals surface area contributed by atoms with Crippen molar-refractivity contribution in [2.24, 2.45) is 0 Å². The molecule has 2 heterocycles. The van der Waals surface area contributed by atoms with Gasteiger partial charge in [0.15, 0.2) is 0 Å². The Balaban J connectivity index is 1.78. The van der Waals surface area contributed by atoms with Gasteiger partial charge in [-0.2, -0.15) is 4.31 Å². The number of ether oxygens (including phenoxy) is 1. The molecular formula is C15H22N2O5S2. The zero-order valence-electron chi connectivity index (χ0n) is 13.3. The van der Waals surface area contributed by atoms with Crippen molar-refractivity contribution in [3.05, 3.63) is 24.3 Å². The zero-order chi connectivity index (χ0) is 17.2. The van der Waals surface area contributed by atoms with Gasteiger partial charge in [-0.3, -0.25) is 0 Å². The van der Waals surface area contributed by atoms with Crippen molar-refractivity contribution in [3.8, 4) is 0 Å². The molecule has 134 valence electrons. The van der Waals surface area contributed by atoms with Crippen LogP contribution in [0.1, 0.15) is 25.7 Å². The second-order valence-corrected chi connectivity index (χ2v) is 9.78. The summed E-state index contributed by atoms with van der Waals surface area (Å²) in [6, 6.07) is 5.53. The summed E-state index contributed by atoms with van der Waals surface area (Å²) in [7, 11) is -7.40. The molecule has 0 aromatic heterocycles. The molecule has 0 radical (unpaired) electrons. The van der Waals surface area contributed by atoms with Gasteiger partial charge in [-0.25, -0.2) is 21.6 Å². The lowest BCUT2D eigenvalue weighted by Crippen LogP contribution is -2.32. The van der Waals surface area contributed by atoms with Gasteiger partial charge in [-0.05, 0) is 43.9 Å². The standard InChI is InChI=1S/C15H22N2O5S2/c18-23(19,16-12-13-5-4-10-22-13)14-6-3-7-15(11-14)24(20,21)17-8-1-2-9-17/h3,6-7,11,13,16H,1-2,4-5,8-10,12H2/t13-/m1/s1. The fourth-order valence-electron chi connectivity index (χ4n) is 2.97. The third kappa shape index (κ3) is 3.80. The highest BCUT2D eigenvalue weighted by atomic mass is 32.2. The third-order valence-corrected chi connectivity index (χ3v) is 7.66. The lowest BCUT2D eigenvalue weighted by atomic mass is 10.2. The van der Waals surface area contributed by atoms with Crippen LogP contribution in [0.15, 0.2) is 34.1 Å². The van der Waals surface area contributed by atoms with Crippen molar-refractivity contribution in [1.29, 1.82) is 0 Å². The summed E-state index contributed by atoms with van der Waals surface area (Å²) in [4.78, 5) is -0.0230. The van der Waals surface area contributed by atoms with Gasteiger partial charge in [0, 0.05) is 26.2 Å². The number of benzene rings is 1. The van der Waals surface area contributed by atoms with E-state index in [2.05, 4.69) is 4.72 Å². The maximum Gasteiger partial charge on any atom is 0.243 e. The first-order chi connectivity index (χ1) is 11.4. The van der Waals surface area contributed by atoms with Gasteiger partial charge in [0.1, 0.15) is 0 Å². The van der Waals surface area contributed by atoms with E-state index in [1.54, 1.807) is 0 Å². The van der Waals surface area contributed by atoms with Crippen LogP contribution in [0.3, 0.4) is 0 Å². The molecule has 2 saturated heterocycles. The highest BCUT2D eigenvalue weighted by Crippen LogP contribution is 2.23. The Morgan fingerprint density at radius 2 is 1.79 bits per heavy atom. The van der Waals surface area contributed by atoms with Crippen LogP contribution >= 0.6 is 0 Å². The summed E-state index contributed by atoms with van der Waals surface area (Å²) in [5.41, 5.74) is 0. The Hall–Kier alpha value is -1.00. The average molecular weight is 374 g/mol. The summed E-state index contributed by atoms with van der Waals surface area (Å²) in [6.45, 7) is 1.81. The summed E-state index contributed by atoms with van der Waals surface area (Å²) >= 11 is 0. The van der Waals surface area contributed by atoms with Crippen molar-refractivity contribution in [3.63, 3.8) is 0 Å². The predicted molar refractivity (Wildman–Crippen MR) is 88.6 cm³/mol. The van der Waals surface area contributed by atoms with Crippen LogP contribution in [0.4, 0.5) is 0 Å². The molecule has 1 atom stereocenters. The molecular weight excluding hydrogens is 352 g/mol. The number of nitrogens with zero attached hydrogens (tertiary/aromatic N) is 1. The maximum atomic E-state index is 12.6. The molecule has 0 saturated carbocycles. The summed E-state index contributed by atoms with van der Waals surface area (Å²) in [5.74, 6) is 0. The van der Waals surface area contributed by atoms with Crippen LogP contribution in [-0.4, -0.2) is 53.5 Å². The first-order valence-electron chi connectivity index (χ1n) is 8.11. The first kappa shape index (κ1) is 17.8. The van der Waals surface area contributed by atoms with Crippen molar-refractivity contribution in [1.82, 2.24) is 9.03 Å². The molecule has 3 rings (SSSR count). The number of sulfonamides is 2. The Morgan fingerprint density at radius 1 is 1.08 bits per heavy atom. The number of nitrogens with one attached hydrogen (secondary N) is 1. The Bertz CT molecular complexity index is 780. The van der Waals surface area contributed by atoms with E-state index < -0.39 is 20.0 Å². The van der Waals surface area contributed by atoms with E-state index in [4.69, 9.17) is 4.74 Å². The minimum Gasteiger partial charge on any atom is -0.377 e. The van der Waals surface area contributed by atoms with Gasteiger partial charge in [0.05, 0.1) is 15.9 Å². The van der Waals surface area contributed by atoms with Crippen molar-refractivity contribution < 1.29 is 21.6 Å². The summed E-state index contributed by atoms with van der Waals surface area (Å²) in [5, 5.41) is 0. The largest absolute Gasteiger partial charge is 0.377 e. The average Bonchev–Trinajstić information content (AvgIpc) is 3.27. The van der Waals surface area contributed by atoms with Crippen LogP contribution in [0.5, 0.6) is 0 Å². The van der Waals surface area contributed by atoms with Gasteiger partial charge in [-0.15, -0.1) is 0 Å². The lowest BCUT2D eigenvalue weighted by molar-refractivity contribution is 0.114. The molecule has 0 amide bonds. The molecule has 0 spiro atoms. The van der Waals surface area contributed by atoms with Gasteiger partial charge >= 0.3 is 0 Å². The normalized spacial score (nSPS) is 22.9. The highest BCUT2D eigenvalue weighted by molar-refractivity contribution is 7.90. The molecule has 1 N–H and O–H groups in total. The Kier molecular flexibility index (Phi) is 5.26. The second-order valence-electron chi connectivity index (χ2n) is 6.07. The van der Waals surface area contributed by atoms with Crippen molar-refractivity contribution in [2.45, 2.75) is 41.6 Å². The topological polar surface area (TPSA) is 92.8 Å². The van der Waals surface area contributed by atoms with Gasteiger partial charge in [0.2, 0.25) is 20.0 Å².